The van der Waals surface area contributed by atoms with Gasteiger partial charge in [0.25, 0.3) is 0 Å². The van der Waals surface area contributed by atoms with Crippen LogP contribution in [-0.4, -0.2) is 28.3 Å². The van der Waals surface area contributed by atoms with Gasteiger partial charge in [0.15, 0.2) is 0 Å². The van der Waals surface area contributed by atoms with Crippen molar-refractivity contribution in [2.24, 2.45) is 0 Å². The first-order valence-corrected chi connectivity index (χ1v) is 6.32. The average molecular weight is 264 g/mol. The van der Waals surface area contributed by atoms with Crippen LogP contribution in [0, 0.1) is 0 Å². The molecular formula is C11H12N4O2S. The van der Waals surface area contributed by atoms with Crippen LogP contribution in [0.5, 0.6) is 17.8 Å². The van der Waals surface area contributed by atoms with Crippen molar-refractivity contribution in [1.29, 1.82) is 0 Å². The Balaban J connectivity index is 2.30. The lowest BCUT2D eigenvalue weighted by Gasteiger charge is -2.08. The quantitative estimate of drug-likeness (QED) is 0.845. The number of aromatic nitrogens is 3. The fraction of sp³-hybridized carbons (Fsp3) is 0.182. The highest BCUT2D eigenvalue weighted by Crippen LogP contribution is 2.30. The van der Waals surface area contributed by atoms with Gasteiger partial charge in [0.05, 0.1) is 7.11 Å². The average Bonchev–Trinajstić information content (AvgIpc) is 2.38. The molecule has 0 radical (unpaired) electrons. The Morgan fingerprint density at radius 3 is 2.56 bits per heavy atom. The van der Waals surface area contributed by atoms with Crippen LogP contribution in [0.2, 0.25) is 0 Å². The summed E-state index contributed by atoms with van der Waals surface area (Å²) in [6.07, 6.45) is 1.96. The van der Waals surface area contributed by atoms with Crippen molar-refractivity contribution in [1.82, 2.24) is 15.0 Å². The molecule has 94 valence electrons. The summed E-state index contributed by atoms with van der Waals surface area (Å²) in [6.45, 7) is 0. The van der Waals surface area contributed by atoms with E-state index in [9.17, 15) is 0 Å². The van der Waals surface area contributed by atoms with E-state index in [-0.39, 0.29) is 18.0 Å². The Bertz CT molecular complexity index is 550. The number of anilines is 1. The van der Waals surface area contributed by atoms with Crippen molar-refractivity contribution in [3.63, 3.8) is 0 Å². The second-order valence-electron chi connectivity index (χ2n) is 3.22. The molecule has 0 amide bonds. The maximum absolute atomic E-state index is 5.58. The number of nitrogens with zero attached hydrogens (tertiary/aromatic N) is 3. The first-order chi connectivity index (χ1) is 8.72. The summed E-state index contributed by atoms with van der Waals surface area (Å²) in [7, 11) is 1.45. The molecule has 0 aliphatic heterocycles. The fourth-order valence-corrected chi connectivity index (χ4v) is 1.82. The van der Waals surface area contributed by atoms with Gasteiger partial charge in [-0.1, -0.05) is 12.1 Å². The van der Waals surface area contributed by atoms with Crippen LogP contribution in [-0.2, 0) is 0 Å². The van der Waals surface area contributed by atoms with E-state index in [1.165, 1.54) is 7.11 Å². The van der Waals surface area contributed by atoms with Gasteiger partial charge in [-0.2, -0.15) is 9.97 Å². The highest BCUT2D eigenvalue weighted by molar-refractivity contribution is 7.98. The molecule has 7 heteroatoms. The molecule has 2 rings (SSSR count). The first-order valence-electron chi connectivity index (χ1n) is 5.09. The van der Waals surface area contributed by atoms with Gasteiger partial charge in [-0.25, -0.2) is 0 Å². The van der Waals surface area contributed by atoms with E-state index in [4.69, 9.17) is 15.2 Å². The molecule has 1 aromatic carbocycles. The van der Waals surface area contributed by atoms with E-state index in [1.54, 1.807) is 11.8 Å². The van der Waals surface area contributed by atoms with Gasteiger partial charge < -0.3 is 15.2 Å². The number of benzene rings is 1. The Morgan fingerprint density at radius 2 is 1.83 bits per heavy atom. The number of hydrogen-bond acceptors (Lipinski definition) is 7. The summed E-state index contributed by atoms with van der Waals surface area (Å²) < 4.78 is 10.5. The molecule has 0 fully saturated rings. The van der Waals surface area contributed by atoms with Crippen LogP contribution in [0.25, 0.3) is 0 Å². The maximum atomic E-state index is 5.58. The third-order valence-electron chi connectivity index (χ3n) is 2.06. The first kappa shape index (κ1) is 12.4. The second kappa shape index (κ2) is 5.54. The summed E-state index contributed by atoms with van der Waals surface area (Å²) >= 11 is 1.57. The van der Waals surface area contributed by atoms with Crippen LogP contribution in [0.1, 0.15) is 0 Å². The van der Waals surface area contributed by atoms with E-state index < -0.39 is 0 Å². The van der Waals surface area contributed by atoms with E-state index >= 15 is 0 Å². The van der Waals surface area contributed by atoms with Crippen molar-refractivity contribution < 1.29 is 9.47 Å². The molecule has 6 nitrogen and oxygen atoms in total. The Labute approximate surface area is 109 Å². The topological polar surface area (TPSA) is 83.2 Å². The van der Waals surface area contributed by atoms with E-state index in [0.717, 1.165) is 4.90 Å². The minimum Gasteiger partial charge on any atom is -0.467 e. The molecule has 0 atom stereocenters. The molecule has 1 aromatic heterocycles. The largest absolute Gasteiger partial charge is 0.467 e. The van der Waals surface area contributed by atoms with Crippen molar-refractivity contribution in [3.8, 4) is 17.8 Å². The zero-order valence-electron chi connectivity index (χ0n) is 9.95. The molecule has 0 bridgehead atoms. The lowest BCUT2D eigenvalue weighted by atomic mass is 10.3. The van der Waals surface area contributed by atoms with Crippen LogP contribution in [0.15, 0.2) is 29.2 Å². The zero-order chi connectivity index (χ0) is 13.0. The predicted molar refractivity (Wildman–Crippen MR) is 69.1 cm³/mol. The molecule has 0 saturated carbocycles. The van der Waals surface area contributed by atoms with Gasteiger partial charge in [-0.15, -0.1) is 16.7 Å². The third kappa shape index (κ3) is 2.80. The van der Waals surface area contributed by atoms with Crippen molar-refractivity contribution in [2.75, 3.05) is 19.1 Å². The fourth-order valence-electron chi connectivity index (χ4n) is 1.29. The van der Waals surface area contributed by atoms with E-state index in [2.05, 4.69) is 15.0 Å². The normalized spacial score (nSPS) is 10.1. The smallest absolute Gasteiger partial charge is 0.330 e. The van der Waals surface area contributed by atoms with Gasteiger partial charge in [-0.05, 0) is 18.4 Å². The van der Waals surface area contributed by atoms with Crippen LogP contribution in [0.3, 0.4) is 0 Å². The number of ether oxygens (including phenoxy) is 2. The van der Waals surface area contributed by atoms with Gasteiger partial charge >= 0.3 is 12.0 Å². The zero-order valence-corrected chi connectivity index (χ0v) is 10.8. The standard InChI is InChI=1S/C11H12N4O2S/c1-16-10-13-9(12)14-11(15-10)17-7-5-3-4-6-8(7)18-2/h3-6H,1-2H3,(H2,12,13,14,15). The molecule has 0 spiro atoms. The monoisotopic (exact) mass is 264 g/mol. The highest BCUT2D eigenvalue weighted by atomic mass is 32.2. The van der Waals surface area contributed by atoms with E-state index in [1.807, 2.05) is 30.5 Å². The minimum absolute atomic E-state index is 0.0542. The molecule has 1 heterocycles. The molecule has 0 aliphatic rings. The van der Waals surface area contributed by atoms with E-state index in [0.29, 0.717) is 5.75 Å². The summed E-state index contributed by atoms with van der Waals surface area (Å²) in [5, 5.41) is 0. The second-order valence-corrected chi connectivity index (χ2v) is 4.06. The molecule has 0 aliphatic carbocycles. The van der Waals surface area contributed by atoms with Gasteiger partial charge in [0, 0.05) is 4.90 Å². The summed E-state index contributed by atoms with van der Waals surface area (Å²) in [5.74, 6) is 0.719. The number of methoxy groups -OCH3 is 1. The van der Waals surface area contributed by atoms with Crippen LogP contribution < -0.4 is 15.2 Å². The summed E-state index contributed by atoms with van der Waals surface area (Å²) in [6, 6.07) is 7.82. The molecular weight excluding hydrogens is 252 g/mol. The maximum Gasteiger partial charge on any atom is 0.330 e. The molecule has 0 unspecified atom stereocenters. The number of rotatable bonds is 4. The summed E-state index contributed by atoms with van der Waals surface area (Å²) in [5.41, 5.74) is 5.53. The SMILES string of the molecule is COc1nc(N)nc(Oc2ccccc2SC)n1. The predicted octanol–water partition coefficient (Wildman–Crippen LogP) is 1.98. The van der Waals surface area contributed by atoms with Gasteiger partial charge in [0.2, 0.25) is 5.95 Å². The number of hydrogen-bond donors (Lipinski definition) is 1. The third-order valence-corrected chi connectivity index (χ3v) is 2.84. The van der Waals surface area contributed by atoms with Gasteiger partial charge in [-0.3, -0.25) is 0 Å². The minimum atomic E-state index is 0.0542. The number of nitrogens with two attached hydrogens (primary N) is 1. The number of para-hydroxylation sites is 1. The molecule has 0 saturated heterocycles. The molecule has 2 aromatic rings. The number of thioether (sulfide) groups is 1. The number of nitrogen functional groups attached to an aromatic ring is 1. The van der Waals surface area contributed by atoms with Crippen LogP contribution in [0.4, 0.5) is 5.95 Å². The molecule has 2 N–H and O–H groups in total. The Hall–Kier alpha value is -2.02. The van der Waals surface area contributed by atoms with Gasteiger partial charge in [0.1, 0.15) is 5.75 Å². The lowest BCUT2D eigenvalue weighted by Crippen LogP contribution is -2.03. The lowest BCUT2D eigenvalue weighted by molar-refractivity contribution is 0.358. The van der Waals surface area contributed by atoms with Crippen LogP contribution >= 0.6 is 11.8 Å². The Morgan fingerprint density at radius 1 is 1.11 bits per heavy atom. The van der Waals surface area contributed by atoms with Crippen molar-refractivity contribution >= 4 is 17.7 Å². The highest BCUT2D eigenvalue weighted by Gasteiger charge is 2.09. The molecule has 18 heavy (non-hydrogen) atoms. The van der Waals surface area contributed by atoms with Crippen molar-refractivity contribution in [2.45, 2.75) is 4.90 Å². The summed E-state index contributed by atoms with van der Waals surface area (Å²) in [4.78, 5) is 12.6. The Kier molecular flexibility index (Phi) is 3.83. The van der Waals surface area contributed by atoms with Crippen molar-refractivity contribution in [3.05, 3.63) is 24.3 Å².